The molecule has 3 aromatic carbocycles. The molecule has 0 aliphatic rings. The first-order chi connectivity index (χ1) is 17.5. The third kappa shape index (κ3) is 5.14. The fraction of sp³-hybridized carbons (Fsp3) is 0.179. The third-order valence-corrected chi connectivity index (χ3v) is 5.81. The Morgan fingerprint density at radius 3 is 1.54 bits per heavy atom. The van der Waals surface area contributed by atoms with Crippen LogP contribution >= 0.6 is 0 Å². The van der Waals surface area contributed by atoms with Gasteiger partial charge in [0, 0.05) is 18.1 Å². The zero-order valence-corrected chi connectivity index (χ0v) is 19.7. The van der Waals surface area contributed by atoms with Gasteiger partial charge >= 0.3 is 5.97 Å². The van der Waals surface area contributed by atoms with Gasteiger partial charge in [0.2, 0.25) is 28.6 Å². The van der Waals surface area contributed by atoms with Crippen molar-refractivity contribution < 1.29 is 44.0 Å². The molecule has 3 aromatic rings. The van der Waals surface area contributed by atoms with Crippen molar-refractivity contribution in [1.29, 1.82) is 0 Å². The molecule has 0 aliphatic carbocycles. The Hall–Kier alpha value is -4.31. The Balaban J connectivity index is 2.15. The fourth-order valence-corrected chi connectivity index (χ4v) is 3.80. The predicted octanol–water partition coefficient (Wildman–Crippen LogP) is 1.59. The summed E-state index contributed by atoms with van der Waals surface area (Å²) in [7, 11) is 0. The second kappa shape index (κ2) is 11.2. The monoisotopic (exact) mass is 504 g/mol. The van der Waals surface area contributed by atoms with E-state index in [1.54, 1.807) is 18.2 Å². The molecular formula is C28H24O9. The van der Waals surface area contributed by atoms with Crippen molar-refractivity contribution in [1.82, 2.24) is 0 Å². The van der Waals surface area contributed by atoms with Gasteiger partial charge in [0.25, 0.3) is 0 Å². The maximum atomic E-state index is 13.6. The minimum Gasteiger partial charge on any atom is -0.459 e. The van der Waals surface area contributed by atoms with Gasteiger partial charge < -0.3 is 20.1 Å². The quantitative estimate of drug-likeness (QED) is 0.153. The van der Waals surface area contributed by atoms with Gasteiger partial charge in [-0.1, -0.05) is 78.9 Å². The lowest BCUT2D eigenvalue weighted by molar-refractivity contribution is -0.177. The SMILES string of the molecule is CC(=O)C(=O)C(O)(C(=O)c1ccccc1)C(O)(C(=O)c1ccccc1)C(O)COC(=O)c1ccccc1. The van der Waals surface area contributed by atoms with Crippen LogP contribution in [0.3, 0.4) is 0 Å². The summed E-state index contributed by atoms with van der Waals surface area (Å²) < 4.78 is 5.02. The highest BCUT2D eigenvalue weighted by atomic mass is 16.5. The van der Waals surface area contributed by atoms with Crippen LogP contribution < -0.4 is 0 Å². The maximum absolute atomic E-state index is 13.6. The van der Waals surface area contributed by atoms with Gasteiger partial charge in [-0.3, -0.25) is 19.2 Å². The van der Waals surface area contributed by atoms with E-state index in [1.165, 1.54) is 72.8 Å². The molecule has 0 heterocycles. The molecule has 0 radical (unpaired) electrons. The van der Waals surface area contributed by atoms with Gasteiger partial charge in [0.15, 0.2) is 5.78 Å². The number of Topliss-reactive ketones (excluding diaryl/α,β-unsaturated/α-hetero) is 4. The highest BCUT2D eigenvalue weighted by Gasteiger charge is 2.68. The number of ether oxygens (including phenoxy) is 1. The lowest BCUT2D eigenvalue weighted by atomic mass is 9.67. The molecule has 0 spiro atoms. The number of carbonyl (C=O) groups is 5. The summed E-state index contributed by atoms with van der Waals surface area (Å²) >= 11 is 0. The predicted molar refractivity (Wildman–Crippen MR) is 130 cm³/mol. The number of hydrogen-bond donors (Lipinski definition) is 3. The average Bonchev–Trinajstić information content (AvgIpc) is 2.94. The van der Waals surface area contributed by atoms with E-state index >= 15 is 0 Å². The molecule has 0 bridgehead atoms. The summed E-state index contributed by atoms with van der Waals surface area (Å²) in [6, 6.07) is 21.0. The van der Waals surface area contributed by atoms with Gasteiger partial charge in [0.1, 0.15) is 12.7 Å². The normalized spacial score (nSPS) is 14.9. The Morgan fingerprint density at radius 2 is 1.11 bits per heavy atom. The second-order valence-electron chi connectivity index (χ2n) is 8.23. The van der Waals surface area contributed by atoms with E-state index in [4.69, 9.17) is 4.74 Å². The summed E-state index contributed by atoms with van der Waals surface area (Å²) in [6.45, 7) is -0.376. The lowest BCUT2D eigenvalue weighted by Gasteiger charge is -2.42. The van der Waals surface area contributed by atoms with Crippen LogP contribution in [0, 0.1) is 0 Å². The van der Waals surface area contributed by atoms with Gasteiger partial charge in [-0.15, -0.1) is 0 Å². The zero-order chi connectivity index (χ0) is 27.2. The Morgan fingerprint density at radius 1 is 0.703 bits per heavy atom. The molecular weight excluding hydrogens is 480 g/mol. The Labute approximate surface area is 211 Å². The van der Waals surface area contributed by atoms with Crippen LogP contribution in [0.2, 0.25) is 0 Å². The molecule has 9 nitrogen and oxygen atoms in total. The van der Waals surface area contributed by atoms with E-state index in [-0.39, 0.29) is 16.7 Å². The van der Waals surface area contributed by atoms with Gasteiger partial charge in [-0.2, -0.15) is 0 Å². The minimum atomic E-state index is -3.77. The molecule has 9 heteroatoms. The molecule has 0 saturated carbocycles. The first-order valence-corrected chi connectivity index (χ1v) is 11.1. The van der Waals surface area contributed by atoms with Crippen molar-refractivity contribution in [2.24, 2.45) is 0 Å². The number of rotatable bonds is 11. The van der Waals surface area contributed by atoms with Crippen LogP contribution in [0.4, 0.5) is 0 Å². The molecule has 37 heavy (non-hydrogen) atoms. The van der Waals surface area contributed by atoms with Crippen LogP contribution in [-0.4, -0.2) is 68.3 Å². The molecule has 3 rings (SSSR count). The Kier molecular flexibility index (Phi) is 8.24. The van der Waals surface area contributed by atoms with Crippen molar-refractivity contribution in [3.63, 3.8) is 0 Å². The van der Waals surface area contributed by atoms with E-state index in [2.05, 4.69) is 0 Å². The number of benzene rings is 3. The highest BCUT2D eigenvalue weighted by molar-refractivity contribution is 6.46. The fourth-order valence-electron chi connectivity index (χ4n) is 3.80. The van der Waals surface area contributed by atoms with Crippen LogP contribution in [0.15, 0.2) is 91.0 Å². The number of carbonyl (C=O) groups excluding carboxylic acids is 5. The van der Waals surface area contributed by atoms with Gasteiger partial charge in [-0.05, 0) is 12.1 Å². The number of esters is 1. The lowest BCUT2D eigenvalue weighted by Crippen LogP contribution is -2.74. The first kappa shape index (κ1) is 27.3. The number of hydrogen-bond acceptors (Lipinski definition) is 9. The summed E-state index contributed by atoms with van der Waals surface area (Å²) in [5, 5.41) is 34.3. The van der Waals surface area contributed by atoms with Crippen LogP contribution in [0.1, 0.15) is 38.0 Å². The van der Waals surface area contributed by atoms with Crippen LogP contribution in [0.5, 0.6) is 0 Å². The number of ketones is 4. The molecule has 0 saturated heterocycles. The van der Waals surface area contributed by atoms with E-state index in [1.807, 2.05) is 0 Å². The van der Waals surface area contributed by atoms with Crippen molar-refractivity contribution in [3.05, 3.63) is 108 Å². The van der Waals surface area contributed by atoms with Crippen LogP contribution in [-0.2, 0) is 14.3 Å². The minimum absolute atomic E-state index is 0.0723. The molecule has 190 valence electrons. The summed E-state index contributed by atoms with van der Waals surface area (Å²) in [6.07, 6.45) is -2.52. The molecule has 0 aliphatic heterocycles. The zero-order valence-electron chi connectivity index (χ0n) is 19.7. The summed E-state index contributed by atoms with van der Waals surface area (Å²) in [5.41, 5.74) is -7.96. The molecule has 0 fully saturated rings. The van der Waals surface area contributed by atoms with Crippen molar-refractivity contribution in [2.75, 3.05) is 6.61 Å². The molecule has 0 amide bonds. The molecule has 3 unspecified atom stereocenters. The first-order valence-electron chi connectivity index (χ1n) is 11.1. The maximum Gasteiger partial charge on any atom is 0.338 e. The van der Waals surface area contributed by atoms with Crippen molar-refractivity contribution in [3.8, 4) is 0 Å². The molecule has 3 atom stereocenters. The van der Waals surface area contributed by atoms with E-state index in [9.17, 15) is 39.3 Å². The summed E-state index contributed by atoms with van der Waals surface area (Å²) in [5.74, 6) is -7.10. The van der Waals surface area contributed by atoms with Crippen molar-refractivity contribution in [2.45, 2.75) is 24.2 Å². The summed E-state index contributed by atoms with van der Waals surface area (Å²) in [4.78, 5) is 64.8. The second-order valence-corrected chi connectivity index (χ2v) is 8.23. The highest BCUT2D eigenvalue weighted by Crippen LogP contribution is 2.35. The van der Waals surface area contributed by atoms with Gasteiger partial charge in [-0.25, -0.2) is 4.79 Å². The van der Waals surface area contributed by atoms with E-state index in [0.717, 1.165) is 6.92 Å². The topological polar surface area (TPSA) is 155 Å². The average molecular weight is 504 g/mol. The molecule has 0 aromatic heterocycles. The van der Waals surface area contributed by atoms with Crippen LogP contribution in [0.25, 0.3) is 0 Å². The Bertz CT molecular complexity index is 1310. The number of aliphatic hydroxyl groups excluding tert-OH is 1. The molecule has 3 N–H and O–H groups in total. The standard InChI is InChI=1S/C28H24O9/c1-18(29)23(31)28(36,25(33)20-13-7-3-8-14-20)27(35,24(32)19-11-5-2-6-12-19)22(30)17-37-26(34)21-15-9-4-10-16-21/h2-16,22,30,35-36H,17H2,1H3. The largest absolute Gasteiger partial charge is 0.459 e. The van der Waals surface area contributed by atoms with E-state index < -0.39 is 53.0 Å². The smallest absolute Gasteiger partial charge is 0.338 e. The van der Waals surface area contributed by atoms with Crippen molar-refractivity contribution >= 4 is 29.1 Å². The third-order valence-electron chi connectivity index (χ3n) is 5.81. The van der Waals surface area contributed by atoms with Gasteiger partial charge in [0.05, 0.1) is 5.56 Å². The van der Waals surface area contributed by atoms with E-state index in [0.29, 0.717) is 0 Å². The number of aliphatic hydroxyl groups is 3.